The highest BCUT2D eigenvalue weighted by atomic mass is 19.1. The number of benzene rings is 1. The number of aromatic nitrogens is 2. The van der Waals surface area contributed by atoms with Gasteiger partial charge in [0.2, 0.25) is 0 Å². The molecule has 2 N–H and O–H groups in total. The van der Waals surface area contributed by atoms with Crippen LogP contribution in [-0.4, -0.2) is 15.5 Å². The number of aryl methyl sites for hydroxylation is 2. The van der Waals surface area contributed by atoms with Crippen LogP contribution in [0.15, 0.2) is 29.1 Å². The van der Waals surface area contributed by atoms with Gasteiger partial charge in [-0.05, 0) is 38.1 Å². The van der Waals surface area contributed by atoms with Gasteiger partial charge in [0.05, 0.1) is 11.4 Å². The highest BCUT2D eigenvalue weighted by Gasteiger charge is 2.17. The van der Waals surface area contributed by atoms with Crippen LogP contribution in [0.3, 0.4) is 0 Å². The van der Waals surface area contributed by atoms with E-state index in [9.17, 15) is 14.0 Å². The van der Waals surface area contributed by atoms with E-state index < -0.39 is 17.3 Å². The molecule has 0 radical (unpaired) electrons. The third-order valence-corrected chi connectivity index (χ3v) is 2.76. The summed E-state index contributed by atoms with van der Waals surface area (Å²) in [6.45, 7) is 3.17. The van der Waals surface area contributed by atoms with Crippen LogP contribution in [0.5, 0.6) is 0 Å². The largest absolute Gasteiger partial charge is 0.365 e. The second-order valence-corrected chi connectivity index (χ2v) is 4.10. The van der Waals surface area contributed by atoms with E-state index >= 15 is 0 Å². The molecule has 0 aliphatic carbocycles. The molecule has 0 unspecified atom stereocenters. The topological polar surface area (TPSA) is 78.0 Å². The predicted octanol–water partition coefficient (Wildman–Crippen LogP) is 1.09. The molecule has 0 bridgehead atoms. The van der Waals surface area contributed by atoms with E-state index in [-0.39, 0.29) is 11.3 Å². The second kappa shape index (κ2) is 4.64. The Kier molecular flexibility index (Phi) is 3.16. The van der Waals surface area contributed by atoms with Crippen molar-refractivity contribution in [2.45, 2.75) is 13.8 Å². The number of hydrogen-bond donors (Lipinski definition) is 1. The summed E-state index contributed by atoms with van der Waals surface area (Å²) in [5.74, 6) is -0.838. The second-order valence-electron chi connectivity index (χ2n) is 4.10. The number of amides is 1. The van der Waals surface area contributed by atoms with Gasteiger partial charge in [0.15, 0.2) is 0 Å². The van der Waals surface area contributed by atoms with Gasteiger partial charge >= 0.3 is 0 Å². The lowest BCUT2D eigenvalue weighted by molar-refractivity contribution is 0.0997. The molecule has 0 spiro atoms. The zero-order valence-corrected chi connectivity index (χ0v) is 10.5. The quantitative estimate of drug-likeness (QED) is 0.878. The van der Waals surface area contributed by atoms with Crippen molar-refractivity contribution in [3.05, 3.63) is 57.5 Å². The number of carbonyl (C=O) groups excluding carboxylic acids is 1. The van der Waals surface area contributed by atoms with Gasteiger partial charge in [-0.25, -0.2) is 9.37 Å². The van der Waals surface area contributed by atoms with E-state index in [4.69, 9.17) is 5.73 Å². The summed E-state index contributed by atoms with van der Waals surface area (Å²) in [4.78, 5) is 27.7. The molecule has 0 aliphatic rings. The van der Waals surface area contributed by atoms with Crippen molar-refractivity contribution in [1.82, 2.24) is 9.55 Å². The minimum Gasteiger partial charge on any atom is -0.365 e. The van der Waals surface area contributed by atoms with Crippen LogP contribution in [0.1, 0.15) is 21.9 Å². The Morgan fingerprint density at radius 2 is 1.84 bits per heavy atom. The maximum Gasteiger partial charge on any atom is 0.271 e. The summed E-state index contributed by atoms with van der Waals surface area (Å²) in [5.41, 5.74) is 5.19. The first-order chi connectivity index (χ1) is 8.91. The molecule has 2 aromatic rings. The Morgan fingerprint density at radius 3 is 2.37 bits per heavy atom. The maximum atomic E-state index is 12.9. The molecule has 0 atom stereocenters. The van der Waals surface area contributed by atoms with Crippen molar-refractivity contribution >= 4 is 5.91 Å². The van der Waals surface area contributed by atoms with Crippen LogP contribution in [0.2, 0.25) is 0 Å². The van der Waals surface area contributed by atoms with Crippen LogP contribution in [0, 0.1) is 19.7 Å². The third kappa shape index (κ3) is 2.24. The van der Waals surface area contributed by atoms with E-state index in [2.05, 4.69) is 4.98 Å². The average Bonchev–Trinajstić information content (AvgIpc) is 2.30. The highest BCUT2D eigenvalue weighted by molar-refractivity contribution is 5.93. The van der Waals surface area contributed by atoms with Crippen molar-refractivity contribution in [2.75, 3.05) is 0 Å². The average molecular weight is 261 g/mol. The fraction of sp³-hybridized carbons (Fsp3) is 0.154. The number of nitrogens with zero attached hydrogens (tertiary/aromatic N) is 2. The summed E-state index contributed by atoms with van der Waals surface area (Å²) in [5, 5.41) is 0. The van der Waals surface area contributed by atoms with E-state index in [1.165, 1.54) is 28.8 Å². The molecule has 0 fully saturated rings. The molecule has 98 valence electrons. The van der Waals surface area contributed by atoms with Gasteiger partial charge in [0.1, 0.15) is 17.2 Å². The number of primary amides is 1. The van der Waals surface area contributed by atoms with Crippen LogP contribution >= 0.6 is 0 Å². The smallest absolute Gasteiger partial charge is 0.271 e. The van der Waals surface area contributed by atoms with Crippen molar-refractivity contribution in [3.63, 3.8) is 0 Å². The van der Waals surface area contributed by atoms with E-state index in [1.807, 2.05) is 0 Å². The summed E-state index contributed by atoms with van der Waals surface area (Å²) in [6, 6.07) is 5.33. The fourth-order valence-corrected chi connectivity index (χ4v) is 1.94. The van der Waals surface area contributed by atoms with Gasteiger partial charge in [-0.2, -0.15) is 0 Å². The van der Waals surface area contributed by atoms with Crippen LogP contribution < -0.4 is 11.3 Å². The van der Waals surface area contributed by atoms with Crippen LogP contribution in [0.25, 0.3) is 5.69 Å². The molecule has 0 aliphatic heterocycles. The lowest BCUT2D eigenvalue weighted by Crippen LogP contribution is -2.32. The molecular weight excluding hydrogens is 249 g/mol. The molecule has 1 aromatic heterocycles. The Hall–Kier alpha value is -2.50. The monoisotopic (exact) mass is 261 g/mol. The number of nitrogens with two attached hydrogens (primary N) is 1. The molecule has 1 aromatic carbocycles. The molecular formula is C13H12FN3O2. The maximum absolute atomic E-state index is 12.9. The minimum atomic E-state index is -0.828. The Bertz CT molecular complexity index is 705. The molecule has 5 nitrogen and oxygen atoms in total. The van der Waals surface area contributed by atoms with Crippen molar-refractivity contribution < 1.29 is 9.18 Å². The van der Waals surface area contributed by atoms with Gasteiger partial charge in [0, 0.05) is 0 Å². The normalized spacial score (nSPS) is 10.5. The minimum absolute atomic E-state index is 0.157. The first kappa shape index (κ1) is 12.9. The molecule has 6 heteroatoms. The van der Waals surface area contributed by atoms with Crippen molar-refractivity contribution in [3.8, 4) is 5.69 Å². The molecule has 1 amide bonds. The van der Waals surface area contributed by atoms with Crippen LogP contribution in [-0.2, 0) is 0 Å². The zero-order valence-electron chi connectivity index (χ0n) is 10.5. The molecule has 1 heterocycles. The first-order valence-electron chi connectivity index (χ1n) is 5.58. The molecule has 0 saturated carbocycles. The standard InChI is InChI=1S/C13H12FN3O2/c1-7-11(12(15)18)13(19)17(8(2)16-7)10-5-3-9(14)4-6-10/h3-6H,1-2H3,(H2,15,18). The number of rotatable bonds is 2. The van der Waals surface area contributed by atoms with Gasteiger partial charge in [-0.3, -0.25) is 14.2 Å². The highest BCUT2D eigenvalue weighted by Crippen LogP contribution is 2.10. The van der Waals surface area contributed by atoms with E-state index in [1.54, 1.807) is 13.8 Å². The van der Waals surface area contributed by atoms with Gasteiger partial charge in [-0.1, -0.05) is 0 Å². The Balaban J connectivity index is 2.77. The Labute approximate surface area is 108 Å². The summed E-state index contributed by atoms with van der Waals surface area (Å²) in [7, 11) is 0. The Morgan fingerprint density at radius 1 is 1.26 bits per heavy atom. The molecule has 19 heavy (non-hydrogen) atoms. The zero-order chi connectivity index (χ0) is 14.2. The molecule has 0 saturated heterocycles. The number of carbonyl (C=O) groups is 1. The SMILES string of the molecule is Cc1nc(C)n(-c2ccc(F)cc2)c(=O)c1C(N)=O. The fourth-order valence-electron chi connectivity index (χ4n) is 1.94. The van der Waals surface area contributed by atoms with Gasteiger partial charge in [-0.15, -0.1) is 0 Å². The number of halogens is 1. The summed E-state index contributed by atoms with van der Waals surface area (Å²) < 4.78 is 14.1. The summed E-state index contributed by atoms with van der Waals surface area (Å²) >= 11 is 0. The van der Waals surface area contributed by atoms with E-state index in [0.717, 1.165) is 0 Å². The summed E-state index contributed by atoms with van der Waals surface area (Å²) in [6.07, 6.45) is 0. The van der Waals surface area contributed by atoms with Gasteiger partial charge in [0.25, 0.3) is 11.5 Å². The lowest BCUT2D eigenvalue weighted by atomic mass is 10.2. The van der Waals surface area contributed by atoms with Crippen molar-refractivity contribution in [1.29, 1.82) is 0 Å². The van der Waals surface area contributed by atoms with E-state index in [0.29, 0.717) is 11.5 Å². The molecule has 2 rings (SSSR count). The first-order valence-corrected chi connectivity index (χ1v) is 5.58. The number of hydrogen-bond acceptors (Lipinski definition) is 3. The van der Waals surface area contributed by atoms with Crippen molar-refractivity contribution in [2.24, 2.45) is 5.73 Å². The lowest BCUT2D eigenvalue weighted by Gasteiger charge is -2.12. The third-order valence-electron chi connectivity index (χ3n) is 2.76. The predicted molar refractivity (Wildman–Crippen MR) is 67.8 cm³/mol. The van der Waals surface area contributed by atoms with Crippen LogP contribution in [0.4, 0.5) is 4.39 Å². The van der Waals surface area contributed by atoms with Gasteiger partial charge < -0.3 is 5.73 Å².